The molecule has 0 fully saturated rings. The molecule has 0 aliphatic carbocycles. The molecule has 100 valence electrons. The predicted molar refractivity (Wildman–Crippen MR) is 73.6 cm³/mol. The lowest BCUT2D eigenvalue weighted by Crippen LogP contribution is -2.15. The lowest BCUT2D eigenvalue weighted by molar-refractivity contribution is 0.0607. The summed E-state index contributed by atoms with van der Waals surface area (Å²) < 4.78 is 4.77. The van der Waals surface area contributed by atoms with E-state index >= 15 is 0 Å². The molecular weight excluding hydrogens is 264 g/mol. The zero-order chi connectivity index (χ0) is 14.0. The SMILES string of the molecule is CCc1c(-c2c(C)csc2C(=O)OC)nc[nH]c1=O. The summed E-state index contributed by atoms with van der Waals surface area (Å²) in [4.78, 5) is 30.9. The van der Waals surface area contributed by atoms with Crippen LogP contribution in [0, 0.1) is 6.92 Å². The fourth-order valence-corrected chi connectivity index (χ4v) is 2.92. The van der Waals surface area contributed by atoms with Gasteiger partial charge in [-0.05, 0) is 24.3 Å². The summed E-state index contributed by atoms with van der Waals surface area (Å²) in [5, 5.41) is 1.86. The molecular formula is C13H14N2O3S. The molecule has 0 saturated carbocycles. The molecule has 0 aromatic carbocycles. The molecule has 0 unspecified atom stereocenters. The van der Waals surface area contributed by atoms with Crippen molar-refractivity contribution in [2.45, 2.75) is 20.3 Å². The Kier molecular flexibility index (Phi) is 3.80. The van der Waals surface area contributed by atoms with Crippen LogP contribution in [0.15, 0.2) is 16.5 Å². The lowest BCUT2D eigenvalue weighted by atomic mass is 10.0. The highest BCUT2D eigenvalue weighted by Gasteiger charge is 2.21. The topological polar surface area (TPSA) is 72.0 Å². The van der Waals surface area contributed by atoms with Crippen molar-refractivity contribution in [1.29, 1.82) is 0 Å². The van der Waals surface area contributed by atoms with Gasteiger partial charge < -0.3 is 9.72 Å². The zero-order valence-corrected chi connectivity index (χ0v) is 11.8. The van der Waals surface area contributed by atoms with Crippen LogP contribution < -0.4 is 5.56 Å². The van der Waals surface area contributed by atoms with Crippen molar-refractivity contribution in [3.8, 4) is 11.3 Å². The number of esters is 1. The Morgan fingerprint density at radius 2 is 2.26 bits per heavy atom. The van der Waals surface area contributed by atoms with Crippen molar-refractivity contribution in [2.24, 2.45) is 0 Å². The second-order valence-electron chi connectivity index (χ2n) is 4.03. The van der Waals surface area contributed by atoms with E-state index in [0.29, 0.717) is 28.1 Å². The summed E-state index contributed by atoms with van der Waals surface area (Å²) in [5.74, 6) is -0.405. The molecule has 0 atom stereocenters. The van der Waals surface area contributed by atoms with E-state index in [9.17, 15) is 9.59 Å². The first kappa shape index (κ1) is 13.5. The van der Waals surface area contributed by atoms with Gasteiger partial charge in [-0.2, -0.15) is 0 Å². The van der Waals surface area contributed by atoms with Crippen molar-refractivity contribution in [3.63, 3.8) is 0 Å². The van der Waals surface area contributed by atoms with Gasteiger partial charge >= 0.3 is 5.97 Å². The third-order valence-electron chi connectivity index (χ3n) is 2.89. The Morgan fingerprint density at radius 3 is 2.89 bits per heavy atom. The van der Waals surface area contributed by atoms with E-state index in [0.717, 1.165) is 5.56 Å². The first-order valence-corrected chi connectivity index (χ1v) is 6.71. The Labute approximate surface area is 114 Å². The van der Waals surface area contributed by atoms with Gasteiger partial charge in [0.25, 0.3) is 5.56 Å². The second kappa shape index (κ2) is 5.36. The van der Waals surface area contributed by atoms with Crippen LogP contribution in [0.4, 0.5) is 0 Å². The number of hydrogen-bond acceptors (Lipinski definition) is 5. The largest absolute Gasteiger partial charge is 0.465 e. The molecule has 0 spiro atoms. The number of methoxy groups -OCH3 is 1. The molecule has 5 nitrogen and oxygen atoms in total. The van der Waals surface area contributed by atoms with E-state index in [2.05, 4.69) is 9.97 Å². The normalized spacial score (nSPS) is 10.5. The Hall–Kier alpha value is -1.95. The van der Waals surface area contributed by atoms with Gasteiger partial charge in [-0.1, -0.05) is 6.92 Å². The Balaban J connectivity index is 2.72. The summed E-state index contributed by atoms with van der Waals surface area (Å²) in [5.41, 5.74) is 2.58. The Bertz CT molecular complexity index is 673. The molecule has 6 heteroatoms. The maximum atomic E-state index is 11.8. The van der Waals surface area contributed by atoms with Crippen LogP contribution in [-0.4, -0.2) is 23.0 Å². The van der Waals surface area contributed by atoms with Crippen molar-refractivity contribution >= 4 is 17.3 Å². The first-order valence-electron chi connectivity index (χ1n) is 5.83. The fraction of sp³-hybridized carbons (Fsp3) is 0.308. The zero-order valence-electron chi connectivity index (χ0n) is 10.9. The number of nitrogens with zero attached hydrogens (tertiary/aromatic N) is 1. The molecule has 0 bridgehead atoms. The average Bonchev–Trinajstić information content (AvgIpc) is 2.79. The van der Waals surface area contributed by atoms with E-state index < -0.39 is 5.97 Å². The van der Waals surface area contributed by atoms with Gasteiger partial charge in [0.15, 0.2) is 0 Å². The molecule has 19 heavy (non-hydrogen) atoms. The standard InChI is InChI=1S/C13H14N2O3S/c1-4-8-10(14-6-15-12(8)16)9-7(2)5-19-11(9)13(17)18-3/h5-6H,4H2,1-3H3,(H,14,15,16). The third-order valence-corrected chi connectivity index (χ3v) is 3.96. The number of aryl methyl sites for hydroxylation is 1. The van der Waals surface area contributed by atoms with Crippen LogP contribution >= 0.6 is 11.3 Å². The quantitative estimate of drug-likeness (QED) is 0.873. The van der Waals surface area contributed by atoms with Gasteiger partial charge in [0.05, 0.1) is 19.1 Å². The summed E-state index contributed by atoms with van der Waals surface area (Å²) in [7, 11) is 1.34. The van der Waals surface area contributed by atoms with Gasteiger partial charge in [-0.3, -0.25) is 4.79 Å². The number of carbonyl (C=O) groups excluding carboxylic acids is 1. The van der Waals surface area contributed by atoms with Gasteiger partial charge in [0, 0.05) is 11.1 Å². The number of hydrogen-bond donors (Lipinski definition) is 1. The maximum Gasteiger partial charge on any atom is 0.348 e. The molecule has 0 aliphatic heterocycles. The van der Waals surface area contributed by atoms with E-state index in [1.165, 1.54) is 24.8 Å². The molecule has 2 heterocycles. The van der Waals surface area contributed by atoms with Crippen LogP contribution in [0.1, 0.15) is 27.7 Å². The predicted octanol–water partition coefficient (Wildman–Crippen LogP) is 2.16. The summed E-state index contributed by atoms with van der Waals surface area (Å²) >= 11 is 1.30. The van der Waals surface area contributed by atoms with E-state index in [1.807, 2.05) is 19.2 Å². The van der Waals surface area contributed by atoms with Crippen LogP contribution in [0.3, 0.4) is 0 Å². The summed E-state index contributed by atoms with van der Waals surface area (Å²) in [6.07, 6.45) is 1.91. The van der Waals surface area contributed by atoms with Crippen LogP contribution in [-0.2, 0) is 11.2 Å². The molecule has 0 saturated heterocycles. The molecule has 1 N–H and O–H groups in total. The minimum absolute atomic E-state index is 0.172. The van der Waals surface area contributed by atoms with E-state index in [4.69, 9.17) is 4.74 Å². The molecule has 2 aromatic rings. The fourth-order valence-electron chi connectivity index (χ4n) is 1.95. The minimum Gasteiger partial charge on any atom is -0.465 e. The second-order valence-corrected chi connectivity index (χ2v) is 4.91. The average molecular weight is 278 g/mol. The molecule has 2 aromatic heterocycles. The van der Waals surface area contributed by atoms with Crippen molar-refractivity contribution in [1.82, 2.24) is 9.97 Å². The van der Waals surface area contributed by atoms with Crippen LogP contribution in [0.5, 0.6) is 0 Å². The van der Waals surface area contributed by atoms with Crippen LogP contribution in [0.2, 0.25) is 0 Å². The number of aromatic nitrogens is 2. The minimum atomic E-state index is -0.405. The van der Waals surface area contributed by atoms with E-state index in [1.54, 1.807) is 0 Å². The van der Waals surface area contributed by atoms with E-state index in [-0.39, 0.29) is 5.56 Å². The smallest absolute Gasteiger partial charge is 0.348 e. The number of H-pyrrole nitrogens is 1. The monoisotopic (exact) mass is 278 g/mol. The van der Waals surface area contributed by atoms with Gasteiger partial charge in [0.2, 0.25) is 0 Å². The van der Waals surface area contributed by atoms with Crippen LogP contribution in [0.25, 0.3) is 11.3 Å². The van der Waals surface area contributed by atoms with Crippen molar-refractivity contribution in [2.75, 3.05) is 7.11 Å². The van der Waals surface area contributed by atoms with Gasteiger partial charge in [0.1, 0.15) is 4.88 Å². The number of rotatable bonds is 3. The third kappa shape index (κ3) is 2.31. The number of thiophene rings is 1. The summed E-state index contributed by atoms with van der Waals surface area (Å²) in [6.45, 7) is 3.77. The highest BCUT2D eigenvalue weighted by Crippen LogP contribution is 2.32. The first-order chi connectivity index (χ1) is 9.10. The molecule has 0 aliphatic rings. The number of ether oxygens (including phenoxy) is 1. The molecule has 0 amide bonds. The molecule has 2 rings (SSSR count). The highest BCUT2D eigenvalue weighted by atomic mass is 32.1. The van der Waals surface area contributed by atoms with Gasteiger partial charge in [-0.25, -0.2) is 9.78 Å². The molecule has 0 radical (unpaired) electrons. The number of nitrogens with one attached hydrogen (secondary N) is 1. The lowest BCUT2D eigenvalue weighted by Gasteiger charge is -2.07. The summed E-state index contributed by atoms with van der Waals surface area (Å²) in [6, 6.07) is 0. The Morgan fingerprint density at radius 1 is 1.53 bits per heavy atom. The highest BCUT2D eigenvalue weighted by molar-refractivity contribution is 7.12. The number of aromatic amines is 1. The van der Waals surface area contributed by atoms with Gasteiger partial charge in [-0.15, -0.1) is 11.3 Å². The maximum absolute atomic E-state index is 11.8. The van der Waals surface area contributed by atoms with Crippen molar-refractivity contribution in [3.05, 3.63) is 38.1 Å². The van der Waals surface area contributed by atoms with Crippen molar-refractivity contribution < 1.29 is 9.53 Å². The number of carbonyl (C=O) groups is 1.